The van der Waals surface area contributed by atoms with Gasteiger partial charge in [0, 0.05) is 25.3 Å². The van der Waals surface area contributed by atoms with Gasteiger partial charge in [0.2, 0.25) is 0 Å². The molecule has 0 radical (unpaired) electrons. The summed E-state index contributed by atoms with van der Waals surface area (Å²) >= 11 is 0. The zero-order valence-electron chi connectivity index (χ0n) is 14.3. The van der Waals surface area contributed by atoms with Crippen molar-refractivity contribution in [3.63, 3.8) is 0 Å². The fraction of sp³-hybridized carbons (Fsp3) is 0.550. The van der Waals surface area contributed by atoms with Gasteiger partial charge in [-0.25, -0.2) is 0 Å². The summed E-state index contributed by atoms with van der Waals surface area (Å²) in [5, 5.41) is 13.1. The number of carbonyl (C=O) groups is 1. The van der Waals surface area contributed by atoms with E-state index in [2.05, 4.69) is 11.4 Å². The zero-order chi connectivity index (χ0) is 16.8. The second kappa shape index (κ2) is 8.34. The van der Waals surface area contributed by atoms with E-state index in [1.165, 1.54) is 25.7 Å². The number of hydrogen-bond donors (Lipinski definition) is 2. The molecule has 1 heterocycles. The molecule has 0 aromatic heterocycles. The number of nitrogens with one attached hydrogen (secondary N) is 1. The van der Waals surface area contributed by atoms with Crippen LogP contribution in [0.3, 0.4) is 0 Å². The summed E-state index contributed by atoms with van der Waals surface area (Å²) in [6.07, 6.45) is 9.58. The second-order valence-electron chi connectivity index (χ2n) is 6.85. The molecule has 2 N–H and O–H groups in total. The Kier molecular flexibility index (Phi) is 5.91. The number of aliphatic hydroxyl groups is 1. The van der Waals surface area contributed by atoms with E-state index in [0.29, 0.717) is 25.9 Å². The smallest absolute Gasteiger partial charge is 0.255 e. The van der Waals surface area contributed by atoms with Crippen LogP contribution in [0.5, 0.6) is 0 Å². The van der Waals surface area contributed by atoms with Crippen molar-refractivity contribution < 1.29 is 9.90 Å². The minimum absolute atomic E-state index is 0.0712. The Morgan fingerprint density at radius 3 is 2.75 bits per heavy atom. The van der Waals surface area contributed by atoms with Gasteiger partial charge >= 0.3 is 0 Å². The average Bonchev–Trinajstić information content (AvgIpc) is 2.63. The third-order valence-electron chi connectivity index (χ3n) is 5.06. The highest BCUT2D eigenvalue weighted by Crippen LogP contribution is 2.22. The van der Waals surface area contributed by atoms with Crippen LogP contribution in [0.15, 0.2) is 35.9 Å². The van der Waals surface area contributed by atoms with Crippen LogP contribution in [-0.2, 0) is 0 Å². The Morgan fingerprint density at radius 2 is 2.00 bits per heavy atom. The fourth-order valence-corrected chi connectivity index (χ4v) is 3.55. The lowest BCUT2D eigenvalue weighted by Gasteiger charge is -2.30. The van der Waals surface area contributed by atoms with E-state index in [4.69, 9.17) is 0 Å². The maximum Gasteiger partial charge on any atom is 0.255 e. The number of rotatable bonds is 5. The van der Waals surface area contributed by atoms with E-state index in [-0.39, 0.29) is 12.0 Å². The Hall–Kier alpha value is -1.81. The molecule has 24 heavy (non-hydrogen) atoms. The first-order chi connectivity index (χ1) is 11.7. The summed E-state index contributed by atoms with van der Waals surface area (Å²) in [6, 6.07) is 7.77. The number of hydrogen-bond acceptors (Lipinski definition) is 3. The summed E-state index contributed by atoms with van der Waals surface area (Å²) in [4.78, 5) is 14.6. The van der Waals surface area contributed by atoms with E-state index in [1.54, 1.807) is 5.57 Å². The lowest BCUT2D eigenvalue weighted by Crippen LogP contribution is -2.40. The number of allylic oxidation sites excluding steroid dienone is 1. The Morgan fingerprint density at radius 1 is 1.21 bits per heavy atom. The van der Waals surface area contributed by atoms with Crippen molar-refractivity contribution in [2.45, 2.75) is 51.0 Å². The largest absolute Gasteiger partial charge is 0.393 e. The van der Waals surface area contributed by atoms with E-state index < -0.39 is 0 Å². The van der Waals surface area contributed by atoms with Gasteiger partial charge in [0.15, 0.2) is 0 Å². The van der Waals surface area contributed by atoms with Gasteiger partial charge in [-0.2, -0.15) is 0 Å². The number of nitrogens with zero attached hydrogens (tertiary/aromatic N) is 1. The predicted molar refractivity (Wildman–Crippen MR) is 97.2 cm³/mol. The van der Waals surface area contributed by atoms with E-state index in [9.17, 15) is 9.90 Å². The Bertz CT molecular complexity index is 589. The molecular formula is C20H28N2O2. The first kappa shape index (κ1) is 17.0. The van der Waals surface area contributed by atoms with Gasteiger partial charge in [0.25, 0.3) is 5.91 Å². The van der Waals surface area contributed by atoms with Crippen LogP contribution in [0, 0.1) is 0 Å². The summed E-state index contributed by atoms with van der Waals surface area (Å²) in [5.41, 5.74) is 3.21. The molecule has 4 heteroatoms. The molecular weight excluding hydrogens is 300 g/mol. The molecule has 3 rings (SSSR count). The molecule has 0 atom stereocenters. The number of anilines is 1. The number of para-hydroxylation sites is 1. The monoisotopic (exact) mass is 328 g/mol. The second-order valence-corrected chi connectivity index (χ2v) is 6.85. The molecule has 1 saturated heterocycles. The zero-order valence-corrected chi connectivity index (χ0v) is 14.3. The number of carbonyl (C=O) groups excluding carboxylic acids is 1. The van der Waals surface area contributed by atoms with Crippen molar-refractivity contribution in [1.29, 1.82) is 0 Å². The van der Waals surface area contributed by atoms with Crippen molar-refractivity contribution in [3.8, 4) is 0 Å². The Labute approximate surface area is 144 Å². The molecule has 2 aliphatic rings. The topological polar surface area (TPSA) is 52.6 Å². The molecule has 1 fully saturated rings. The standard InChI is InChI=1S/C20H28N2O2/c23-17-11-14-22(15-12-17)20(24)18-8-4-5-9-19(18)21-13-10-16-6-2-1-3-7-16/h4-6,8-9,17,21,23H,1-3,7,10-15H2. The normalized spacial score (nSPS) is 19.0. The maximum absolute atomic E-state index is 12.8. The van der Waals surface area contributed by atoms with Crippen LogP contribution >= 0.6 is 0 Å². The number of likely N-dealkylation sites (tertiary alicyclic amines) is 1. The van der Waals surface area contributed by atoms with Gasteiger partial charge in [0.1, 0.15) is 0 Å². The minimum atomic E-state index is -0.258. The fourth-order valence-electron chi connectivity index (χ4n) is 3.55. The van der Waals surface area contributed by atoms with Crippen molar-refractivity contribution in [3.05, 3.63) is 41.5 Å². The van der Waals surface area contributed by atoms with Crippen molar-refractivity contribution >= 4 is 11.6 Å². The van der Waals surface area contributed by atoms with Gasteiger partial charge in [-0.15, -0.1) is 0 Å². The highest BCUT2D eigenvalue weighted by atomic mass is 16.3. The number of aliphatic hydroxyl groups excluding tert-OH is 1. The molecule has 0 saturated carbocycles. The van der Waals surface area contributed by atoms with Crippen LogP contribution in [-0.4, -0.2) is 41.7 Å². The summed E-state index contributed by atoms with van der Waals surface area (Å²) < 4.78 is 0. The molecule has 1 amide bonds. The van der Waals surface area contributed by atoms with E-state index >= 15 is 0 Å². The van der Waals surface area contributed by atoms with Gasteiger partial charge in [-0.1, -0.05) is 23.8 Å². The molecule has 130 valence electrons. The van der Waals surface area contributed by atoms with Crippen LogP contribution in [0.4, 0.5) is 5.69 Å². The molecule has 4 nitrogen and oxygen atoms in total. The molecule has 0 bridgehead atoms. The van der Waals surface area contributed by atoms with Gasteiger partial charge in [-0.3, -0.25) is 4.79 Å². The quantitative estimate of drug-likeness (QED) is 0.812. The van der Waals surface area contributed by atoms with Gasteiger partial charge in [0.05, 0.1) is 11.7 Å². The molecule has 0 spiro atoms. The van der Waals surface area contributed by atoms with E-state index in [0.717, 1.165) is 24.2 Å². The SMILES string of the molecule is O=C(c1ccccc1NCCC1=CCCCC1)N1CCC(O)CC1. The molecule has 1 aromatic carbocycles. The summed E-state index contributed by atoms with van der Waals surface area (Å²) in [5.74, 6) is 0.0712. The van der Waals surface area contributed by atoms with Crippen LogP contribution < -0.4 is 5.32 Å². The van der Waals surface area contributed by atoms with Crippen LogP contribution in [0.2, 0.25) is 0 Å². The molecule has 1 aliphatic heterocycles. The highest BCUT2D eigenvalue weighted by molar-refractivity contribution is 5.99. The summed E-state index contributed by atoms with van der Waals surface area (Å²) in [7, 11) is 0. The molecule has 0 unspecified atom stereocenters. The molecule has 1 aliphatic carbocycles. The Balaban J connectivity index is 1.60. The third-order valence-corrected chi connectivity index (χ3v) is 5.06. The minimum Gasteiger partial charge on any atom is -0.393 e. The predicted octanol–water partition coefficient (Wildman–Crippen LogP) is 3.59. The number of amides is 1. The third kappa shape index (κ3) is 4.38. The average molecular weight is 328 g/mol. The van der Waals surface area contributed by atoms with Crippen molar-refractivity contribution in [2.24, 2.45) is 0 Å². The van der Waals surface area contributed by atoms with Crippen molar-refractivity contribution in [2.75, 3.05) is 25.0 Å². The van der Waals surface area contributed by atoms with Crippen molar-refractivity contribution in [1.82, 2.24) is 4.90 Å². The lowest BCUT2D eigenvalue weighted by molar-refractivity contribution is 0.0547. The van der Waals surface area contributed by atoms with E-state index in [1.807, 2.05) is 29.2 Å². The highest BCUT2D eigenvalue weighted by Gasteiger charge is 2.23. The molecule has 1 aromatic rings. The lowest BCUT2D eigenvalue weighted by atomic mass is 9.97. The van der Waals surface area contributed by atoms with Gasteiger partial charge in [-0.05, 0) is 57.1 Å². The number of piperidine rings is 1. The number of benzene rings is 1. The first-order valence-electron chi connectivity index (χ1n) is 9.22. The summed E-state index contributed by atoms with van der Waals surface area (Å²) in [6.45, 7) is 2.15. The van der Waals surface area contributed by atoms with Crippen LogP contribution in [0.1, 0.15) is 55.3 Å². The first-order valence-corrected chi connectivity index (χ1v) is 9.22. The maximum atomic E-state index is 12.8. The van der Waals surface area contributed by atoms with Gasteiger partial charge < -0.3 is 15.3 Å². The van der Waals surface area contributed by atoms with Crippen LogP contribution in [0.25, 0.3) is 0 Å².